The fraction of sp³-hybridized carbons (Fsp3) is 0.308. The lowest BCUT2D eigenvalue weighted by Gasteiger charge is -2.43. The summed E-state index contributed by atoms with van der Waals surface area (Å²) in [5.41, 5.74) is 0.812. The van der Waals surface area contributed by atoms with E-state index in [2.05, 4.69) is 15.3 Å². The van der Waals surface area contributed by atoms with Gasteiger partial charge in [0.15, 0.2) is 23.6 Å². The summed E-state index contributed by atoms with van der Waals surface area (Å²) in [5.74, 6) is -5.03. The lowest BCUT2D eigenvalue weighted by molar-refractivity contribution is -0.211. The van der Waals surface area contributed by atoms with E-state index in [1.54, 1.807) is 24.3 Å². The molecule has 0 spiro atoms. The molecule has 0 saturated carbocycles. The molecule has 1 aliphatic heterocycles. The number of nitrogens with zero attached hydrogens (tertiary/aromatic N) is 5. The lowest BCUT2D eigenvalue weighted by Crippen LogP contribution is -2.60. The summed E-state index contributed by atoms with van der Waals surface area (Å²) in [6.45, 7) is -0.647. The first kappa shape index (κ1) is 27.9. The predicted octanol–water partition coefficient (Wildman–Crippen LogP) is 2.90. The smallest absolute Gasteiger partial charge is 0.258 e. The number of aromatic nitrogens is 4. The molecule has 2 aromatic carbocycles. The van der Waals surface area contributed by atoms with Crippen molar-refractivity contribution in [3.05, 3.63) is 71.3 Å². The number of amides is 1. The van der Waals surface area contributed by atoms with Gasteiger partial charge in [0.1, 0.15) is 30.0 Å². The van der Waals surface area contributed by atoms with Crippen LogP contribution in [0.4, 0.5) is 18.9 Å². The molecule has 2 aromatic heterocycles. The van der Waals surface area contributed by atoms with E-state index >= 15 is 0 Å². The number of pyridine rings is 1. The molecule has 2 N–H and O–H groups in total. The standard InChI is InChI=1S/C26H23ClF3N5O5/c1-34(18-5-3-4-12-6-14(27)9-31-21(12)18)26(38)25-24(39-2)22(23(37)19(11-36)40-25)35-10-17(32-33-35)13-7-15(28)20(30)16(29)8-13/h3-10,19,22-25,36-37H,11H2,1-2H3/t19-,22+,23+,24-,25-/m1/s1. The minimum Gasteiger partial charge on any atom is -0.394 e. The molecule has 14 heteroatoms. The summed E-state index contributed by atoms with van der Waals surface area (Å²) < 4.78 is 53.6. The van der Waals surface area contributed by atoms with Crippen molar-refractivity contribution in [3.8, 4) is 11.3 Å². The topological polar surface area (TPSA) is 123 Å². The number of likely N-dealkylation sites (N-methyl/N-ethyl adjacent to an activating group) is 1. The van der Waals surface area contributed by atoms with E-state index in [-0.39, 0.29) is 11.3 Å². The number of aliphatic hydroxyl groups is 2. The van der Waals surface area contributed by atoms with Crippen molar-refractivity contribution in [2.45, 2.75) is 30.5 Å². The van der Waals surface area contributed by atoms with E-state index < -0.39 is 60.4 Å². The Labute approximate surface area is 230 Å². The van der Waals surface area contributed by atoms with Crippen LogP contribution >= 0.6 is 11.6 Å². The van der Waals surface area contributed by atoms with E-state index in [9.17, 15) is 28.2 Å². The van der Waals surface area contributed by atoms with Crippen molar-refractivity contribution < 1.29 is 37.7 Å². The van der Waals surface area contributed by atoms with Crippen LogP contribution in [-0.2, 0) is 14.3 Å². The molecule has 4 aromatic rings. The zero-order valence-corrected chi connectivity index (χ0v) is 21.8. The highest BCUT2D eigenvalue weighted by Crippen LogP contribution is 2.35. The van der Waals surface area contributed by atoms with Gasteiger partial charge >= 0.3 is 0 Å². The summed E-state index contributed by atoms with van der Waals surface area (Å²) in [7, 11) is 2.82. The maximum Gasteiger partial charge on any atom is 0.258 e. The quantitative estimate of drug-likeness (QED) is 0.336. The van der Waals surface area contributed by atoms with Gasteiger partial charge < -0.3 is 24.6 Å². The summed E-state index contributed by atoms with van der Waals surface area (Å²) in [6.07, 6.45) is -2.43. The molecule has 0 bridgehead atoms. The normalized spacial score (nSPS) is 22.9. The molecule has 1 fully saturated rings. The summed E-state index contributed by atoms with van der Waals surface area (Å²) in [4.78, 5) is 19.5. The number of rotatable bonds is 6. The van der Waals surface area contributed by atoms with Gasteiger partial charge in [0.25, 0.3) is 5.91 Å². The molecule has 1 amide bonds. The van der Waals surface area contributed by atoms with Crippen LogP contribution in [0, 0.1) is 17.5 Å². The summed E-state index contributed by atoms with van der Waals surface area (Å²) in [5, 5.41) is 30.0. The molecule has 40 heavy (non-hydrogen) atoms. The minimum atomic E-state index is -1.63. The van der Waals surface area contributed by atoms with Crippen LogP contribution in [0.5, 0.6) is 0 Å². The number of halogens is 4. The molecule has 5 rings (SSSR count). The maximum atomic E-state index is 13.8. The van der Waals surface area contributed by atoms with Crippen molar-refractivity contribution in [2.75, 3.05) is 25.7 Å². The van der Waals surface area contributed by atoms with Gasteiger partial charge in [0.05, 0.1) is 29.0 Å². The number of carbonyl (C=O) groups is 1. The third-order valence-electron chi connectivity index (χ3n) is 6.83. The Kier molecular flexibility index (Phi) is 7.75. The van der Waals surface area contributed by atoms with Gasteiger partial charge in [-0.05, 0) is 24.3 Å². The van der Waals surface area contributed by atoms with Crippen LogP contribution in [0.25, 0.3) is 22.2 Å². The maximum absolute atomic E-state index is 13.8. The van der Waals surface area contributed by atoms with Crippen LogP contribution < -0.4 is 4.90 Å². The van der Waals surface area contributed by atoms with E-state index in [1.165, 1.54) is 31.5 Å². The molecule has 1 aliphatic rings. The Morgan fingerprint density at radius 2 is 1.95 bits per heavy atom. The van der Waals surface area contributed by atoms with Gasteiger partial charge in [-0.3, -0.25) is 9.78 Å². The summed E-state index contributed by atoms with van der Waals surface area (Å²) in [6, 6.07) is 7.30. The second-order valence-electron chi connectivity index (χ2n) is 9.20. The Morgan fingerprint density at radius 3 is 2.62 bits per heavy atom. The lowest BCUT2D eigenvalue weighted by atomic mass is 9.91. The van der Waals surface area contributed by atoms with Gasteiger partial charge in [-0.15, -0.1) is 5.10 Å². The molecular formula is C26H23ClF3N5O5. The summed E-state index contributed by atoms with van der Waals surface area (Å²) >= 11 is 6.06. The zero-order chi connectivity index (χ0) is 28.7. The van der Waals surface area contributed by atoms with Gasteiger partial charge in [-0.25, -0.2) is 17.9 Å². The number of carbonyl (C=O) groups excluding carboxylic acids is 1. The number of methoxy groups -OCH3 is 1. The molecule has 0 radical (unpaired) electrons. The van der Waals surface area contributed by atoms with Crippen LogP contribution in [-0.4, -0.2) is 81.3 Å². The molecule has 210 valence electrons. The van der Waals surface area contributed by atoms with Crippen LogP contribution in [0.3, 0.4) is 0 Å². The average molecular weight is 578 g/mol. The van der Waals surface area contributed by atoms with Crippen molar-refractivity contribution >= 4 is 34.1 Å². The third kappa shape index (κ3) is 4.90. The van der Waals surface area contributed by atoms with E-state index in [4.69, 9.17) is 21.1 Å². The van der Waals surface area contributed by atoms with Crippen molar-refractivity contribution in [1.82, 2.24) is 20.0 Å². The molecule has 5 atom stereocenters. The number of benzene rings is 2. The Bertz CT molecular complexity index is 1550. The van der Waals surface area contributed by atoms with E-state index in [1.807, 2.05) is 0 Å². The highest BCUT2D eigenvalue weighted by molar-refractivity contribution is 6.31. The predicted molar refractivity (Wildman–Crippen MR) is 137 cm³/mol. The van der Waals surface area contributed by atoms with Crippen LogP contribution in [0.1, 0.15) is 6.04 Å². The second-order valence-corrected chi connectivity index (χ2v) is 9.63. The van der Waals surface area contributed by atoms with Gasteiger partial charge in [-0.2, -0.15) is 0 Å². The van der Waals surface area contributed by atoms with Crippen molar-refractivity contribution in [2.24, 2.45) is 0 Å². The van der Waals surface area contributed by atoms with Crippen molar-refractivity contribution in [3.63, 3.8) is 0 Å². The fourth-order valence-electron chi connectivity index (χ4n) is 4.82. The first-order valence-corrected chi connectivity index (χ1v) is 12.4. The van der Waals surface area contributed by atoms with E-state index in [0.717, 1.165) is 16.8 Å². The van der Waals surface area contributed by atoms with Crippen molar-refractivity contribution in [1.29, 1.82) is 0 Å². The Hall–Kier alpha value is -3.62. The van der Waals surface area contributed by atoms with E-state index in [0.29, 0.717) is 21.6 Å². The number of aliphatic hydroxyl groups excluding tert-OH is 2. The second kappa shape index (κ2) is 11.1. The number of hydrogen-bond donors (Lipinski definition) is 2. The molecule has 0 unspecified atom stereocenters. The Morgan fingerprint density at radius 1 is 1.23 bits per heavy atom. The molecule has 1 saturated heterocycles. The monoisotopic (exact) mass is 577 g/mol. The van der Waals surface area contributed by atoms with Gasteiger partial charge in [0, 0.05) is 31.3 Å². The number of anilines is 1. The highest BCUT2D eigenvalue weighted by Gasteiger charge is 2.50. The number of ether oxygens (including phenoxy) is 2. The SMILES string of the molecule is CO[C@@H]1[C@@H](n2cc(-c3cc(F)c(F)c(F)c3)nn2)[C@@H](O)[C@@H](CO)O[C@H]1C(=O)N(C)c1cccc2cc(Cl)cnc12. The number of para-hydroxylation sites is 1. The first-order valence-electron chi connectivity index (χ1n) is 12.0. The fourth-order valence-corrected chi connectivity index (χ4v) is 4.98. The molecular weight excluding hydrogens is 555 g/mol. The molecule has 3 heterocycles. The average Bonchev–Trinajstić information content (AvgIpc) is 3.43. The number of fused-ring (bicyclic) bond motifs is 1. The number of hydrogen-bond acceptors (Lipinski definition) is 8. The van der Waals surface area contributed by atoms with Crippen LogP contribution in [0.15, 0.2) is 48.8 Å². The third-order valence-corrected chi connectivity index (χ3v) is 7.03. The zero-order valence-electron chi connectivity index (χ0n) is 21.1. The largest absolute Gasteiger partial charge is 0.394 e. The van der Waals surface area contributed by atoms with Crippen LogP contribution in [0.2, 0.25) is 5.02 Å². The minimum absolute atomic E-state index is 0.0348. The molecule has 0 aliphatic carbocycles. The Balaban J connectivity index is 1.50. The van der Waals surface area contributed by atoms with Gasteiger partial charge in [-0.1, -0.05) is 28.9 Å². The highest BCUT2D eigenvalue weighted by atomic mass is 35.5. The van der Waals surface area contributed by atoms with Gasteiger partial charge in [0.2, 0.25) is 0 Å². The molecule has 10 nitrogen and oxygen atoms in total. The first-order chi connectivity index (χ1) is 19.1.